The molecule has 0 saturated heterocycles. The number of Topliss-reactive ketones (excluding diaryl/α,β-unsaturated/α-hetero) is 1. The highest BCUT2D eigenvalue weighted by Crippen LogP contribution is 2.47. The number of para-hydroxylation sites is 2. The first-order valence-corrected chi connectivity index (χ1v) is 12.6. The van der Waals surface area contributed by atoms with Gasteiger partial charge < -0.3 is 34.7 Å². The maximum Gasteiger partial charge on any atom is 0.203 e. The van der Waals surface area contributed by atoms with Crippen molar-refractivity contribution in [2.45, 2.75) is 31.7 Å². The minimum absolute atomic E-state index is 0.0360. The van der Waals surface area contributed by atoms with E-state index in [0.29, 0.717) is 48.0 Å². The number of fused-ring (bicyclic) bond motifs is 1. The second-order valence-electron chi connectivity index (χ2n) is 9.29. The van der Waals surface area contributed by atoms with E-state index in [1.807, 2.05) is 49.4 Å². The van der Waals surface area contributed by atoms with Gasteiger partial charge in [0.25, 0.3) is 0 Å². The van der Waals surface area contributed by atoms with Crippen molar-refractivity contribution in [3.05, 3.63) is 77.0 Å². The lowest BCUT2D eigenvalue weighted by Gasteiger charge is -2.30. The smallest absolute Gasteiger partial charge is 0.203 e. The summed E-state index contributed by atoms with van der Waals surface area (Å²) >= 11 is 0. The monoisotopic (exact) mass is 516 g/mol. The number of ether oxygens (including phenoxy) is 4. The van der Waals surface area contributed by atoms with Crippen LogP contribution in [-0.2, 0) is 4.79 Å². The van der Waals surface area contributed by atoms with Gasteiger partial charge in [-0.15, -0.1) is 0 Å². The summed E-state index contributed by atoms with van der Waals surface area (Å²) in [6.45, 7) is 2.29. The quantitative estimate of drug-likeness (QED) is 0.363. The van der Waals surface area contributed by atoms with Crippen molar-refractivity contribution in [2.24, 2.45) is 0 Å². The van der Waals surface area contributed by atoms with Gasteiger partial charge in [-0.3, -0.25) is 4.79 Å². The van der Waals surface area contributed by atoms with Gasteiger partial charge >= 0.3 is 0 Å². The van der Waals surface area contributed by atoms with Gasteiger partial charge in [0.1, 0.15) is 0 Å². The molecule has 0 amide bonds. The van der Waals surface area contributed by atoms with Crippen LogP contribution in [-0.4, -0.2) is 38.8 Å². The molecular formula is C30H32N2O6. The zero-order chi connectivity index (χ0) is 26.8. The number of phenols is 1. The first-order chi connectivity index (χ1) is 18.5. The lowest BCUT2D eigenvalue weighted by molar-refractivity contribution is -0.116. The van der Waals surface area contributed by atoms with E-state index in [2.05, 4.69) is 10.6 Å². The Kier molecular flexibility index (Phi) is 7.05. The molecule has 0 radical (unpaired) electrons. The Labute approximate surface area is 222 Å². The molecule has 0 aromatic heterocycles. The molecule has 0 saturated carbocycles. The molecule has 8 nitrogen and oxygen atoms in total. The van der Waals surface area contributed by atoms with Crippen molar-refractivity contribution >= 4 is 17.2 Å². The van der Waals surface area contributed by atoms with Gasteiger partial charge in [0.05, 0.1) is 45.4 Å². The lowest BCUT2D eigenvalue weighted by atomic mass is 9.78. The predicted molar refractivity (Wildman–Crippen MR) is 146 cm³/mol. The maximum atomic E-state index is 13.9. The Balaban J connectivity index is 1.60. The Morgan fingerprint density at radius 1 is 0.868 bits per heavy atom. The summed E-state index contributed by atoms with van der Waals surface area (Å²) < 4.78 is 22.3. The van der Waals surface area contributed by atoms with Crippen LogP contribution in [0.15, 0.2) is 65.9 Å². The molecule has 198 valence electrons. The fraction of sp³-hybridized carbons (Fsp3) is 0.300. The number of ketones is 1. The van der Waals surface area contributed by atoms with E-state index < -0.39 is 6.04 Å². The number of rotatable bonds is 7. The van der Waals surface area contributed by atoms with Crippen molar-refractivity contribution in [3.8, 4) is 28.7 Å². The zero-order valence-corrected chi connectivity index (χ0v) is 22.0. The van der Waals surface area contributed by atoms with E-state index in [0.717, 1.165) is 28.2 Å². The average Bonchev–Trinajstić information content (AvgIpc) is 3.10. The van der Waals surface area contributed by atoms with Crippen LogP contribution < -0.4 is 29.6 Å². The number of phenolic OH excluding ortho intramolecular Hbond substituents is 1. The standard InChI is InChI=1S/C30H32N2O6/c1-5-38-25-14-17(10-11-23(25)33)29-28-22(31-20-8-6-7-9-21(20)32-29)12-18(13-24(28)34)19-15-26(35-2)30(37-4)27(16-19)36-3/h6-11,14-16,18,29,31-33H,5,12-13H2,1-4H3/t18-,29-/m1/s1. The van der Waals surface area contributed by atoms with E-state index in [9.17, 15) is 9.90 Å². The van der Waals surface area contributed by atoms with Crippen LogP contribution in [0.5, 0.6) is 28.7 Å². The van der Waals surface area contributed by atoms with Gasteiger partial charge in [0, 0.05) is 17.7 Å². The number of carbonyl (C=O) groups excluding carboxylic acids is 1. The fourth-order valence-electron chi connectivity index (χ4n) is 5.30. The molecule has 3 aromatic rings. The molecule has 1 aliphatic carbocycles. The number of aromatic hydroxyl groups is 1. The number of nitrogens with one attached hydrogen (secondary N) is 2. The molecule has 1 aliphatic heterocycles. The van der Waals surface area contributed by atoms with Crippen molar-refractivity contribution in [1.82, 2.24) is 0 Å². The van der Waals surface area contributed by atoms with E-state index in [1.165, 1.54) is 0 Å². The molecular weight excluding hydrogens is 484 g/mol. The molecule has 1 heterocycles. The molecule has 0 unspecified atom stereocenters. The number of hydrogen-bond acceptors (Lipinski definition) is 8. The summed E-state index contributed by atoms with van der Waals surface area (Å²) in [6, 6.07) is 16.5. The third-order valence-electron chi connectivity index (χ3n) is 7.08. The van der Waals surface area contributed by atoms with Crippen LogP contribution in [0, 0.1) is 0 Å². The largest absolute Gasteiger partial charge is 0.504 e. The summed E-state index contributed by atoms with van der Waals surface area (Å²) in [5, 5.41) is 17.4. The second kappa shape index (κ2) is 10.6. The Hall–Kier alpha value is -4.33. The number of benzene rings is 3. The number of anilines is 2. The van der Waals surface area contributed by atoms with Crippen LogP contribution >= 0.6 is 0 Å². The van der Waals surface area contributed by atoms with Gasteiger partial charge in [-0.25, -0.2) is 0 Å². The Morgan fingerprint density at radius 2 is 1.55 bits per heavy atom. The summed E-state index contributed by atoms with van der Waals surface area (Å²) in [6.07, 6.45) is 0.937. The highest BCUT2D eigenvalue weighted by molar-refractivity contribution is 6.01. The molecule has 38 heavy (non-hydrogen) atoms. The molecule has 3 aromatic carbocycles. The van der Waals surface area contributed by atoms with Gasteiger partial charge in [-0.2, -0.15) is 0 Å². The van der Waals surface area contributed by atoms with Crippen molar-refractivity contribution < 1.29 is 28.8 Å². The van der Waals surface area contributed by atoms with E-state index in [-0.39, 0.29) is 17.5 Å². The van der Waals surface area contributed by atoms with E-state index in [1.54, 1.807) is 33.5 Å². The van der Waals surface area contributed by atoms with Crippen molar-refractivity contribution in [1.29, 1.82) is 0 Å². The minimum atomic E-state index is -0.422. The minimum Gasteiger partial charge on any atom is -0.504 e. The van der Waals surface area contributed by atoms with Gasteiger partial charge in [-0.05, 0) is 66.8 Å². The van der Waals surface area contributed by atoms with E-state index in [4.69, 9.17) is 18.9 Å². The molecule has 0 spiro atoms. The molecule has 3 N–H and O–H groups in total. The summed E-state index contributed by atoms with van der Waals surface area (Å²) in [7, 11) is 4.74. The summed E-state index contributed by atoms with van der Waals surface area (Å²) in [5.74, 6) is 2.03. The SMILES string of the molecule is CCOc1cc([C@H]2Nc3ccccc3NC3=C2C(=O)C[C@H](c2cc(OC)c(OC)c(OC)c2)C3)ccc1O. The second-order valence-corrected chi connectivity index (χ2v) is 9.29. The van der Waals surface area contributed by atoms with Crippen LogP contribution in [0.1, 0.15) is 42.9 Å². The van der Waals surface area contributed by atoms with Crippen LogP contribution in [0.3, 0.4) is 0 Å². The van der Waals surface area contributed by atoms with Crippen LogP contribution in [0.2, 0.25) is 0 Å². The molecule has 0 bridgehead atoms. The third-order valence-corrected chi connectivity index (χ3v) is 7.08. The van der Waals surface area contributed by atoms with Crippen LogP contribution in [0.4, 0.5) is 11.4 Å². The highest BCUT2D eigenvalue weighted by atomic mass is 16.5. The van der Waals surface area contributed by atoms with Gasteiger partial charge in [-0.1, -0.05) is 18.2 Å². The third kappa shape index (κ3) is 4.58. The fourth-order valence-corrected chi connectivity index (χ4v) is 5.30. The first kappa shape index (κ1) is 25.3. The lowest BCUT2D eigenvalue weighted by Crippen LogP contribution is -2.27. The topological polar surface area (TPSA) is 98.3 Å². The van der Waals surface area contributed by atoms with Gasteiger partial charge in [0.15, 0.2) is 28.8 Å². The Bertz CT molecular complexity index is 1370. The first-order valence-electron chi connectivity index (χ1n) is 12.6. The number of hydrogen-bond donors (Lipinski definition) is 3. The Morgan fingerprint density at radius 3 is 2.21 bits per heavy atom. The number of allylic oxidation sites excluding steroid dienone is 1. The number of methoxy groups -OCH3 is 3. The zero-order valence-electron chi connectivity index (χ0n) is 22.0. The van der Waals surface area contributed by atoms with E-state index >= 15 is 0 Å². The van der Waals surface area contributed by atoms with Gasteiger partial charge in [0.2, 0.25) is 5.75 Å². The van der Waals surface area contributed by atoms with Crippen LogP contribution in [0.25, 0.3) is 0 Å². The normalized spacial score (nSPS) is 18.4. The molecule has 0 fully saturated rings. The average molecular weight is 517 g/mol. The summed E-state index contributed by atoms with van der Waals surface area (Å²) in [5.41, 5.74) is 5.08. The number of carbonyl (C=O) groups is 1. The maximum absolute atomic E-state index is 13.9. The van der Waals surface area contributed by atoms with Crippen molar-refractivity contribution in [2.75, 3.05) is 38.6 Å². The predicted octanol–water partition coefficient (Wildman–Crippen LogP) is 5.80. The van der Waals surface area contributed by atoms with Crippen molar-refractivity contribution in [3.63, 3.8) is 0 Å². The molecule has 2 atom stereocenters. The molecule has 5 rings (SSSR count). The highest BCUT2D eigenvalue weighted by Gasteiger charge is 2.37. The molecule has 8 heteroatoms. The molecule has 2 aliphatic rings. The summed E-state index contributed by atoms with van der Waals surface area (Å²) in [4.78, 5) is 13.9.